The van der Waals surface area contributed by atoms with Crippen LogP contribution in [-0.2, 0) is 0 Å². The molecule has 148 valence electrons. The molecule has 0 radical (unpaired) electrons. The van der Waals surface area contributed by atoms with E-state index in [1.165, 1.54) is 50.6 Å². The van der Waals surface area contributed by atoms with Gasteiger partial charge in [-0.3, -0.25) is 9.78 Å². The number of rotatable bonds is 6. The first kappa shape index (κ1) is 19.7. The highest BCUT2D eigenvalue weighted by Crippen LogP contribution is 2.28. The second kappa shape index (κ2) is 8.74. The summed E-state index contributed by atoms with van der Waals surface area (Å²) in [5.74, 6) is -0.507. The molecule has 2 aromatic carbocycles. The van der Waals surface area contributed by atoms with Gasteiger partial charge in [-0.1, -0.05) is 0 Å². The molecule has 1 aromatic heterocycles. The normalized spacial score (nSPS) is 10.7. The second-order valence-corrected chi connectivity index (χ2v) is 5.76. The summed E-state index contributed by atoms with van der Waals surface area (Å²) in [7, 11) is 1.43. The summed E-state index contributed by atoms with van der Waals surface area (Å²) in [6, 6.07) is 9.78. The minimum Gasteiger partial charge on any atom is -0.493 e. The zero-order chi connectivity index (χ0) is 20.8. The number of aromatic nitrogens is 3. The zero-order valence-corrected chi connectivity index (χ0v) is 15.5. The van der Waals surface area contributed by atoms with Crippen molar-refractivity contribution in [2.24, 2.45) is 5.10 Å². The van der Waals surface area contributed by atoms with E-state index in [-0.39, 0.29) is 28.5 Å². The fraction of sp³-hybridized carbons (Fsp3) is 0.105. The zero-order valence-electron chi connectivity index (χ0n) is 15.5. The molecule has 29 heavy (non-hydrogen) atoms. The first-order chi connectivity index (χ1) is 14.0. The molecule has 9 nitrogen and oxygen atoms in total. The number of nitrogens with zero attached hydrogens (tertiary/aromatic N) is 3. The number of ether oxygens (including phenoxy) is 2. The minimum absolute atomic E-state index is 0.0914. The number of H-pyrrole nitrogens is 1. The number of hydrazone groups is 1. The summed E-state index contributed by atoms with van der Waals surface area (Å²) in [6.07, 6.45) is 1.45. The van der Waals surface area contributed by atoms with Crippen molar-refractivity contribution in [1.82, 2.24) is 15.2 Å². The Hall–Kier alpha value is -4.08. The molecule has 0 aliphatic heterocycles. The smallest absolute Gasteiger partial charge is 0.343 e. The van der Waals surface area contributed by atoms with E-state index in [2.05, 4.69) is 25.7 Å². The van der Waals surface area contributed by atoms with Crippen LogP contribution < -0.4 is 20.5 Å². The first-order valence-electron chi connectivity index (χ1n) is 8.34. The van der Waals surface area contributed by atoms with E-state index >= 15 is 0 Å². The number of esters is 1. The lowest BCUT2D eigenvalue weighted by molar-refractivity contribution is 0.0729. The Morgan fingerprint density at radius 2 is 1.93 bits per heavy atom. The average molecular weight is 397 g/mol. The Balaban J connectivity index is 1.70. The van der Waals surface area contributed by atoms with Crippen LogP contribution in [0.25, 0.3) is 0 Å². The number of aromatic amines is 1. The molecule has 0 amide bonds. The maximum Gasteiger partial charge on any atom is 0.343 e. The molecule has 10 heteroatoms. The number of hydrogen-bond acceptors (Lipinski definition) is 8. The molecule has 2 N–H and O–H groups in total. The predicted octanol–water partition coefficient (Wildman–Crippen LogP) is 2.29. The van der Waals surface area contributed by atoms with Gasteiger partial charge in [0.2, 0.25) is 5.95 Å². The SMILES string of the molecule is COc1cc(C=NNc2nnc(C)c(=O)[nH]2)ccc1OC(=O)c1ccc(F)cc1. The minimum atomic E-state index is -0.645. The van der Waals surface area contributed by atoms with Crippen molar-refractivity contribution in [3.63, 3.8) is 0 Å². The van der Waals surface area contributed by atoms with Gasteiger partial charge in [-0.25, -0.2) is 14.6 Å². The van der Waals surface area contributed by atoms with E-state index < -0.39 is 11.8 Å². The lowest BCUT2D eigenvalue weighted by Gasteiger charge is -2.10. The third-order valence-corrected chi connectivity index (χ3v) is 3.71. The fourth-order valence-electron chi connectivity index (χ4n) is 2.21. The van der Waals surface area contributed by atoms with Gasteiger partial charge in [0.1, 0.15) is 11.5 Å². The van der Waals surface area contributed by atoms with Crippen molar-refractivity contribution in [2.75, 3.05) is 12.5 Å². The second-order valence-electron chi connectivity index (χ2n) is 5.76. The molecular weight excluding hydrogens is 381 g/mol. The van der Waals surface area contributed by atoms with Gasteiger partial charge in [-0.05, 0) is 55.0 Å². The highest BCUT2D eigenvalue weighted by molar-refractivity contribution is 5.91. The largest absolute Gasteiger partial charge is 0.493 e. The van der Waals surface area contributed by atoms with Crippen LogP contribution in [0.4, 0.5) is 10.3 Å². The van der Waals surface area contributed by atoms with Gasteiger partial charge in [0, 0.05) is 0 Å². The molecule has 0 aliphatic rings. The van der Waals surface area contributed by atoms with E-state index in [9.17, 15) is 14.0 Å². The van der Waals surface area contributed by atoms with Crippen molar-refractivity contribution in [3.05, 3.63) is 75.5 Å². The number of carbonyl (C=O) groups is 1. The molecule has 1 heterocycles. The van der Waals surface area contributed by atoms with Crippen molar-refractivity contribution >= 4 is 18.1 Å². The van der Waals surface area contributed by atoms with Crippen molar-refractivity contribution in [2.45, 2.75) is 6.92 Å². The Kier molecular flexibility index (Phi) is 5.93. The molecule has 0 atom stereocenters. The Bertz CT molecular complexity index is 1110. The molecule has 0 bridgehead atoms. The number of nitrogens with one attached hydrogen (secondary N) is 2. The topological polar surface area (TPSA) is 119 Å². The van der Waals surface area contributed by atoms with Crippen molar-refractivity contribution < 1.29 is 18.7 Å². The maximum atomic E-state index is 13.0. The summed E-state index contributed by atoms with van der Waals surface area (Å²) in [4.78, 5) is 26.1. The van der Waals surface area contributed by atoms with Gasteiger partial charge >= 0.3 is 5.97 Å². The van der Waals surface area contributed by atoms with E-state index in [0.717, 1.165) is 0 Å². The van der Waals surface area contributed by atoms with E-state index in [1.54, 1.807) is 12.1 Å². The van der Waals surface area contributed by atoms with Crippen molar-refractivity contribution in [3.8, 4) is 11.5 Å². The van der Waals surface area contributed by atoms with Gasteiger partial charge in [0.25, 0.3) is 5.56 Å². The standard InChI is InChI=1S/C19H16FN5O4/c1-11-17(26)22-19(25-23-11)24-21-10-12-3-8-15(16(9-12)28-2)29-18(27)13-4-6-14(20)7-5-13/h3-10H,1-2H3,(H2,22,24,25,26). The van der Waals surface area contributed by atoms with E-state index in [0.29, 0.717) is 11.3 Å². The summed E-state index contributed by atoms with van der Waals surface area (Å²) in [6.45, 7) is 1.54. The monoisotopic (exact) mass is 397 g/mol. The maximum absolute atomic E-state index is 13.0. The summed E-state index contributed by atoms with van der Waals surface area (Å²) < 4.78 is 23.5. The third kappa shape index (κ3) is 5.01. The number of halogens is 1. The molecule has 0 fully saturated rings. The Labute approximate surface area is 164 Å². The molecule has 0 saturated carbocycles. The third-order valence-electron chi connectivity index (χ3n) is 3.71. The quantitative estimate of drug-likeness (QED) is 0.283. The van der Waals surface area contributed by atoms with Gasteiger partial charge in [0.15, 0.2) is 11.5 Å². The lowest BCUT2D eigenvalue weighted by atomic mass is 10.2. The van der Waals surface area contributed by atoms with Crippen LogP contribution in [0.5, 0.6) is 11.5 Å². The summed E-state index contributed by atoms with van der Waals surface area (Å²) >= 11 is 0. The van der Waals surface area contributed by atoms with Crippen LogP contribution in [0, 0.1) is 12.7 Å². The molecule has 0 spiro atoms. The highest BCUT2D eigenvalue weighted by atomic mass is 19.1. The lowest BCUT2D eigenvalue weighted by Crippen LogP contribution is -2.15. The number of hydrogen-bond donors (Lipinski definition) is 2. The van der Waals surface area contributed by atoms with Crippen LogP contribution in [0.1, 0.15) is 21.6 Å². The number of methoxy groups -OCH3 is 1. The van der Waals surface area contributed by atoms with Crippen molar-refractivity contribution in [1.29, 1.82) is 0 Å². The van der Waals surface area contributed by atoms with Gasteiger partial charge in [-0.2, -0.15) is 5.10 Å². The van der Waals surface area contributed by atoms with E-state index in [1.807, 2.05) is 0 Å². The number of benzene rings is 2. The van der Waals surface area contributed by atoms with Gasteiger partial charge < -0.3 is 9.47 Å². The van der Waals surface area contributed by atoms with Crippen LogP contribution in [0.15, 0.2) is 52.4 Å². The highest BCUT2D eigenvalue weighted by Gasteiger charge is 2.13. The number of carbonyl (C=O) groups excluding carboxylic acids is 1. The van der Waals surface area contributed by atoms with Crippen LogP contribution >= 0.6 is 0 Å². The summed E-state index contributed by atoms with van der Waals surface area (Å²) in [5, 5.41) is 11.4. The van der Waals surface area contributed by atoms with Gasteiger partial charge in [0.05, 0.1) is 18.9 Å². The molecule has 0 saturated heterocycles. The van der Waals surface area contributed by atoms with Crippen LogP contribution in [0.3, 0.4) is 0 Å². The van der Waals surface area contributed by atoms with Gasteiger partial charge in [-0.15, -0.1) is 10.2 Å². The molecular formula is C19H16FN5O4. The Morgan fingerprint density at radius 1 is 1.17 bits per heavy atom. The van der Waals surface area contributed by atoms with Crippen LogP contribution in [-0.4, -0.2) is 34.5 Å². The fourth-order valence-corrected chi connectivity index (χ4v) is 2.21. The van der Waals surface area contributed by atoms with Crippen LogP contribution in [0.2, 0.25) is 0 Å². The Morgan fingerprint density at radius 3 is 2.62 bits per heavy atom. The predicted molar refractivity (Wildman–Crippen MR) is 103 cm³/mol. The molecule has 0 unspecified atom stereocenters. The first-order valence-corrected chi connectivity index (χ1v) is 8.34. The number of anilines is 1. The molecule has 3 rings (SSSR count). The molecule has 3 aromatic rings. The van der Waals surface area contributed by atoms with E-state index in [4.69, 9.17) is 9.47 Å². The number of aryl methyl sites for hydroxylation is 1. The summed E-state index contributed by atoms with van der Waals surface area (Å²) in [5.41, 5.74) is 3.26. The molecule has 0 aliphatic carbocycles. The average Bonchev–Trinajstić information content (AvgIpc) is 2.72.